The van der Waals surface area contributed by atoms with Crippen LogP contribution in [0.5, 0.6) is 0 Å². The molecule has 1 aliphatic heterocycles. The van der Waals surface area contributed by atoms with Crippen LogP contribution in [-0.4, -0.2) is 52.9 Å². The Bertz CT molecular complexity index is 952. The van der Waals surface area contributed by atoms with Crippen LogP contribution in [0.15, 0.2) is 64.2 Å². The summed E-state index contributed by atoms with van der Waals surface area (Å²) in [7, 11) is 0. The lowest BCUT2D eigenvalue weighted by molar-refractivity contribution is -0.917. The quantitative estimate of drug-likeness (QED) is 0.632. The molecule has 1 aromatic heterocycles. The van der Waals surface area contributed by atoms with E-state index in [9.17, 15) is 4.79 Å². The summed E-state index contributed by atoms with van der Waals surface area (Å²) in [4.78, 5) is 16.0. The Morgan fingerprint density at radius 3 is 2.66 bits per heavy atom. The van der Waals surface area contributed by atoms with Crippen molar-refractivity contribution in [3.05, 3.63) is 65.7 Å². The van der Waals surface area contributed by atoms with Gasteiger partial charge in [-0.25, -0.2) is 0 Å². The van der Waals surface area contributed by atoms with Crippen LogP contribution in [-0.2, 0) is 11.3 Å². The van der Waals surface area contributed by atoms with Gasteiger partial charge in [0.2, 0.25) is 11.8 Å². The molecular formula is C22H25N4O2S+. The van der Waals surface area contributed by atoms with Gasteiger partial charge in [0.25, 0.3) is 5.22 Å². The average molecular weight is 410 g/mol. The summed E-state index contributed by atoms with van der Waals surface area (Å²) in [5.74, 6) is 0.939. The van der Waals surface area contributed by atoms with Crippen molar-refractivity contribution in [1.82, 2.24) is 15.1 Å². The van der Waals surface area contributed by atoms with Gasteiger partial charge in [0.05, 0.1) is 31.9 Å². The molecule has 1 aliphatic rings. The van der Waals surface area contributed by atoms with Crippen LogP contribution < -0.4 is 4.90 Å². The lowest BCUT2D eigenvalue weighted by Crippen LogP contribution is -3.13. The van der Waals surface area contributed by atoms with E-state index in [1.54, 1.807) is 0 Å². The minimum atomic E-state index is 0.129. The molecule has 0 radical (unpaired) electrons. The highest BCUT2D eigenvalue weighted by Crippen LogP contribution is 2.23. The molecule has 1 N–H and O–H groups in total. The van der Waals surface area contributed by atoms with Crippen molar-refractivity contribution in [2.75, 3.05) is 31.9 Å². The summed E-state index contributed by atoms with van der Waals surface area (Å²) in [6.45, 7) is 6.57. The number of aromatic nitrogens is 2. The second kappa shape index (κ2) is 9.24. The van der Waals surface area contributed by atoms with Gasteiger partial charge in [-0.2, -0.15) is 0 Å². The van der Waals surface area contributed by atoms with E-state index in [-0.39, 0.29) is 5.91 Å². The van der Waals surface area contributed by atoms with Crippen LogP contribution in [0.3, 0.4) is 0 Å². The maximum Gasteiger partial charge on any atom is 0.277 e. The number of benzene rings is 2. The van der Waals surface area contributed by atoms with Crippen molar-refractivity contribution in [3.8, 4) is 11.5 Å². The van der Waals surface area contributed by atoms with Crippen LogP contribution in [0.4, 0.5) is 0 Å². The smallest absolute Gasteiger partial charge is 0.277 e. The zero-order valence-electron chi connectivity index (χ0n) is 16.5. The molecule has 0 atom stereocenters. The monoisotopic (exact) mass is 409 g/mol. The van der Waals surface area contributed by atoms with Gasteiger partial charge in [-0.1, -0.05) is 59.8 Å². The number of nitrogens with one attached hydrogen (secondary N) is 1. The molecule has 0 spiro atoms. The van der Waals surface area contributed by atoms with Crippen molar-refractivity contribution in [1.29, 1.82) is 0 Å². The highest BCUT2D eigenvalue weighted by Gasteiger charge is 2.24. The first-order valence-electron chi connectivity index (χ1n) is 9.86. The predicted octanol–water partition coefficient (Wildman–Crippen LogP) is 2.06. The molecule has 0 saturated carbocycles. The fourth-order valence-electron chi connectivity index (χ4n) is 3.51. The zero-order chi connectivity index (χ0) is 20.1. The van der Waals surface area contributed by atoms with Gasteiger partial charge < -0.3 is 14.2 Å². The van der Waals surface area contributed by atoms with Gasteiger partial charge in [0.1, 0.15) is 6.54 Å². The second-order valence-corrected chi connectivity index (χ2v) is 8.25. The Labute approximate surface area is 174 Å². The van der Waals surface area contributed by atoms with Gasteiger partial charge in [-0.3, -0.25) is 4.79 Å². The molecule has 0 aliphatic carbocycles. The molecule has 1 amide bonds. The molecule has 2 heterocycles. The number of nitrogens with zero attached hydrogens (tertiary/aromatic N) is 3. The summed E-state index contributed by atoms with van der Waals surface area (Å²) in [6.07, 6.45) is 0. The SMILES string of the molecule is Cc1cccc(-c2nnc(SCC(=O)N3CC[NH+](Cc4ccccc4)CC3)o2)c1. The van der Waals surface area contributed by atoms with Crippen LogP contribution in [0.1, 0.15) is 11.1 Å². The molecule has 150 valence electrons. The normalized spacial score (nSPS) is 14.9. The van der Waals surface area contributed by atoms with Gasteiger partial charge in [0, 0.05) is 11.1 Å². The molecule has 2 aromatic carbocycles. The summed E-state index contributed by atoms with van der Waals surface area (Å²) >= 11 is 1.31. The van der Waals surface area contributed by atoms with E-state index in [1.807, 2.05) is 42.2 Å². The van der Waals surface area contributed by atoms with Crippen molar-refractivity contribution in [3.63, 3.8) is 0 Å². The number of quaternary nitrogens is 1. The molecule has 6 nitrogen and oxygen atoms in total. The fraction of sp³-hybridized carbons (Fsp3) is 0.318. The number of amides is 1. The highest BCUT2D eigenvalue weighted by molar-refractivity contribution is 7.99. The number of hydrogen-bond acceptors (Lipinski definition) is 5. The number of carbonyl (C=O) groups is 1. The summed E-state index contributed by atoms with van der Waals surface area (Å²) in [5, 5.41) is 8.61. The Morgan fingerprint density at radius 2 is 1.90 bits per heavy atom. The van der Waals surface area contributed by atoms with Crippen molar-refractivity contribution in [2.45, 2.75) is 18.7 Å². The Kier molecular flexibility index (Phi) is 6.27. The topological polar surface area (TPSA) is 63.7 Å². The van der Waals surface area contributed by atoms with Gasteiger partial charge in [0.15, 0.2) is 0 Å². The van der Waals surface area contributed by atoms with Crippen molar-refractivity contribution < 1.29 is 14.1 Å². The Morgan fingerprint density at radius 1 is 1.10 bits per heavy atom. The molecule has 0 bridgehead atoms. The third kappa shape index (κ3) is 5.25. The lowest BCUT2D eigenvalue weighted by Gasteiger charge is -2.32. The van der Waals surface area contributed by atoms with Crippen LogP contribution in [0.2, 0.25) is 0 Å². The van der Waals surface area contributed by atoms with E-state index in [0.29, 0.717) is 16.9 Å². The molecular weight excluding hydrogens is 384 g/mol. The molecule has 29 heavy (non-hydrogen) atoms. The first kappa shape index (κ1) is 19.7. The van der Waals surface area contributed by atoms with Crippen molar-refractivity contribution in [2.24, 2.45) is 0 Å². The summed E-state index contributed by atoms with van der Waals surface area (Å²) in [6, 6.07) is 18.5. The van der Waals surface area contributed by atoms with E-state index < -0.39 is 0 Å². The number of piperazine rings is 1. The Hall–Kier alpha value is -2.64. The predicted molar refractivity (Wildman–Crippen MR) is 113 cm³/mol. The number of hydrogen-bond donors (Lipinski definition) is 1. The largest absolute Gasteiger partial charge is 0.411 e. The molecule has 0 unspecified atom stereocenters. The third-order valence-corrected chi connectivity index (χ3v) is 5.91. The van der Waals surface area contributed by atoms with E-state index >= 15 is 0 Å². The molecule has 7 heteroatoms. The van der Waals surface area contributed by atoms with Crippen molar-refractivity contribution >= 4 is 17.7 Å². The zero-order valence-corrected chi connectivity index (χ0v) is 17.3. The number of rotatable bonds is 6. The number of carbonyl (C=O) groups excluding carboxylic acids is 1. The molecule has 3 aromatic rings. The molecule has 1 fully saturated rings. The highest BCUT2D eigenvalue weighted by atomic mass is 32.2. The van der Waals surface area contributed by atoms with Crippen LogP contribution in [0, 0.1) is 6.92 Å². The first-order valence-corrected chi connectivity index (χ1v) is 10.8. The van der Waals surface area contributed by atoms with Crippen LogP contribution in [0.25, 0.3) is 11.5 Å². The molecule has 4 rings (SSSR count). The van der Waals surface area contributed by atoms with Gasteiger partial charge in [-0.15, -0.1) is 10.2 Å². The fourth-order valence-corrected chi connectivity index (χ4v) is 4.18. The van der Waals surface area contributed by atoms with E-state index in [4.69, 9.17) is 4.42 Å². The van der Waals surface area contributed by atoms with E-state index in [0.717, 1.165) is 43.9 Å². The maximum absolute atomic E-state index is 12.6. The summed E-state index contributed by atoms with van der Waals surface area (Å²) < 4.78 is 5.71. The van der Waals surface area contributed by atoms with Gasteiger partial charge in [-0.05, 0) is 19.1 Å². The number of thioether (sulfide) groups is 1. The number of aryl methyl sites for hydroxylation is 1. The summed E-state index contributed by atoms with van der Waals surface area (Å²) in [5.41, 5.74) is 3.38. The third-order valence-electron chi connectivity index (χ3n) is 5.11. The Balaban J connectivity index is 1.24. The van der Waals surface area contributed by atoms with Gasteiger partial charge >= 0.3 is 0 Å². The first-order chi connectivity index (χ1) is 14.2. The molecule has 1 saturated heterocycles. The second-order valence-electron chi connectivity index (χ2n) is 7.32. The minimum absolute atomic E-state index is 0.129. The van der Waals surface area contributed by atoms with Crippen LogP contribution >= 0.6 is 11.8 Å². The van der Waals surface area contributed by atoms with E-state index in [2.05, 4.69) is 34.5 Å². The lowest BCUT2D eigenvalue weighted by atomic mass is 10.1. The minimum Gasteiger partial charge on any atom is -0.411 e. The maximum atomic E-state index is 12.6. The average Bonchev–Trinajstić information content (AvgIpc) is 3.22. The van der Waals surface area contributed by atoms with E-state index in [1.165, 1.54) is 22.2 Å². The standard InChI is InChI=1S/C22H24N4O2S/c1-17-6-5-9-19(14-17)21-23-24-22(28-21)29-16-20(27)26-12-10-25(11-13-26)15-18-7-3-2-4-8-18/h2-9,14H,10-13,15-16H2,1H3/p+1.